The van der Waals surface area contributed by atoms with Crippen molar-refractivity contribution < 1.29 is 14.3 Å². The maximum absolute atomic E-state index is 12.8. The van der Waals surface area contributed by atoms with Crippen LogP contribution in [0.25, 0.3) is 0 Å². The van der Waals surface area contributed by atoms with Gasteiger partial charge in [-0.1, -0.05) is 30.3 Å². The molecule has 1 amide bonds. The number of nitrogens with zero attached hydrogens (tertiary/aromatic N) is 2. The number of para-hydroxylation sites is 3. The first-order valence-electron chi connectivity index (χ1n) is 10.9. The number of piperazine rings is 1. The second-order valence-electron chi connectivity index (χ2n) is 7.80. The number of anilines is 2. The Morgan fingerprint density at radius 1 is 0.844 bits per heavy atom. The molecule has 0 radical (unpaired) electrons. The third-order valence-corrected chi connectivity index (χ3v) is 5.77. The molecular weight excluding hydrogens is 402 g/mol. The number of carbonyl (C=O) groups is 1. The molecule has 6 nitrogen and oxygen atoms in total. The van der Waals surface area contributed by atoms with Gasteiger partial charge >= 0.3 is 0 Å². The van der Waals surface area contributed by atoms with Crippen LogP contribution in [0, 0.1) is 0 Å². The minimum absolute atomic E-state index is 0.00697. The predicted molar refractivity (Wildman–Crippen MR) is 128 cm³/mol. The maximum atomic E-state index is 12.8. The monoisotopic (exact) mass is 431 g/mol. The lowest BCUT2D eigenvalue weighted by Crippen LogP contribution is -2.52. The van der Waals surface area contributed by atoms with Gasteiger partial charge < -0.3 is 19.7 Å². The summed E-state index contributed by atoms with van der Waals surface area (Å²) in [6, 6.07) is 24.9. The number of benzene rings is 3. The van der Waals surface area contributed by atoms with Crippen molar-refractivity contribution >= 4 is 17.3 Å². The van der Waals surface area contributed by atoms with Crippen molar-refractivity contribution in [2.24, 2.45) is 0 Å². The van der Waals surface area contributed by atoms with Gasteiger partial charge in [-0.25, -0.2) is 0 Å². The third kappa shape index (κ3) is 5.21. The summed E-state index contributed by atoms with van der Waals surface area (Å²) in [6.45, 7) is 5.29. The van der Waals surface area contributed by atoms with Crippen LogP contribution in [-0.4, -0.2) is 50.1 Å². The smallest absolute Gasteiger partial charge is 0.241 e. The second-order valence-corrected chi connectivity index (χ2v) is 7.80. The van der Waals surface area contributed by atoms with E-state index >= 15 is 0 Å². The molecule has 3 aromatic rings. The average molecular weight is 432 g/mol. The van der Waals surface area contributed by atoms with Crippen LogP contribution in [0.3, 0.4) is 0 Å². The predicted octanol–water partition coefficient (Wildman–Crippen LogP) is 4.64. The number of methoxy groups -OCH3 is 1. The topological polar surface area (TPSA) is 54.0 Å². The highest BCUT2D eigenvalue weighted by Gasteiger charge is 2.26. The molecule has 1 aliphatic rings. The van der Waals surface area contributed by atoms with E-state index in [1.807, 2.05) is 79.7 Å². The second kappa shape index (κ2) is 10.2. The summed E-state index contributed by atoms with van der Waals surface area (Å²) in [5.41, 5.74) is 1.86. The van der Waals surface area contributed by atoms with Crippen molar-refractivity contribution in [3.63, 3.8) is 0 Å². The van der Waals surface area contributed by atoms with Crippen LogP contribution in [0.1, 0.15) is 6.92 Å². The Kier molecular flexibility index (Phi) is 6.92. The van der Waals surface area contributed by atoms with Gasteiger partial charge in [0.25, 0.3) is 0 Å². The minimum Gasteiger partial charge on any atom is -0.495 e. The van der Waals surface area contributed by atoms with Crippen LogP contribution in [0.2, 0.25) is 0 Å². The molecule has 3 aromatic carbocycles. The molecule has 1 fully saturated rings. The molecule has 0 spiro atoms. The highest BCUT2D eigenvalue weighted by molar-refractivity contribution is 5.94. The van der Waals surface area contributed by atoms with E-state index in [1.54, 1.807) is 7.11 Å². The number of amides is 1. The fraction of sp³-hybridized carbons (Fsp3) is 0.269. The number of hydrogen-bond donors (Lipinski definition) is 1. The SMILES string of the molecule is COc1ccccc1N1CCN([C@H](C)C(=O)Nc2ccc(Oc3ccccc3)cc2)CC1. The molecule has 6 heteroatoms. The summed E-state index contributed by atoms with van der Waals surface area (Å²) in [6.07, 6.45) is 0. The Bertz CT molecular complexity index is 1020. The number of nitrogens with one attached hydrogen (secondary N) is 1. The van der Waals surface area contributed by atoms with Gasteiger partial charge in [0.1, 0.15) is 17.2 Å². The van der Waals surface area contributed by atoms with Gasteiger partial charge in [-0.3, -0.25) is 9.69 Å². The number of hydrogen-bond acceptors (Lipinski definition) is 5. The summed E-state index contributed by atoms with van der Waals surface area (Å²) >= 11 is 0. The lowest BCUT2D eigenvalue weighted by atomic mass is 10.2. The van der Waals surface area contributed by atoms with Crippen LogP contribution in [-0.2, 0) is 4.79 Å². The van der Waals surface area contributed by atoms with Gasteiger partial charge in [0, 0.05) is 31.9 Å². The van der Waals surface area contributed by atoms with E-state index in [4.69, 9.17) is 9.47 Å². The number of rotatable bonds is 7. The molecular formula is C26H29N3O3. The van der Waals surface area contributed by atoms with E-state index in [9.17, 15) is 4.79 Å². The quantitative estimate of drug-likeness (QED) is 0.591. The van der Waals surface area contributed by atoms with Gasteiger partial charge in [0.05, 0.1) is 18.8 Å². The standard InChI is InChI=1S/C26H29N3O3/c1-20(28-16-18-29(19-17-28)24-10-6-7-11-25(24)31-2)26(30)27-21-12-14-23(15-13-21)32-22-8-4-3-5-9-22/h3-15,20H,16-19H2,1-2H3,(H,27,30)/t20-/m1/s1. The highest BCUT2D eigenvalue weighted by atomic mass is 16.5. The van der Waals surface area contributed by atoms with Crippen LogP contribution in [0.4, 0.5) is 11.4 Å². The Hall–Kier alpha value is -3.51. The van der Waals surface area contributed by atoms with Crippen LogP contribution < -0.4 is 19.7 Å². The molecule has 4 rings (SSSR count). The minimum atomic E-state index is -0.213. The Morgan fingerprint density at radius 2 is 1.47 bits per heavy atom. The van der Waals surface area contributed by atoms with Crippen LogP contribution in [0.15, 0.2) is 78.9 Å². The van der Waals surface area contributed by atoms with Crippen molar-refractivity contribution in [1.29, 1.82) is 0 Å². The molecule has 166 valence electrons. The highest BCUT2D eigenvalue weighted by Crippen LogP contribution is 2.28. The van der Waals surface area contributed by atoms with Crippen molar-refractivity contribution in [2.45, 2.75) is 13.0 Å². The van der Waals surface area contributed by atoms with E-state index in [0.29, 0.717) is 0 Å². The molecule has 1 heterocycles. The number of ether oxygens (including phenoxy) is 2. The summed E-state index contributed by atoms with van der Waals surface area (Å²) in [5, 5.41) is 3.02. The molecule has 0 saturated carbocycles. The van der Waals surface area contributed by atoms with Gasteiger partial charge in [-0.05, 0) is 55.5 Å². The molecule has 0 bridgehead atoms. The van der Waals surface area contributed by atoms with Crippen LogP contribution in [0.5, 0.6) is 17.2 Å². The van der Waals surface area contributed by atoms with E-state index in [2.05, 4.69) is 21.2 Å². The fourth-order valence-electron chi connectivity index (χ4n) is 3.88. The molecule has 1 N–H and O–H groups in total. The fourth-order valence-corrected chi connectivity index (χ4v) is 3.88. The third-order valence-electron chi connectivity index (χ3n) is 5.77. The van der Waals surface area contributed by atoms with E-state index in [-0.39, 0.29) is 11.9 Å². The van der Waals surface area contributed by atoms with E-state index < -0.39 is 0 Å². The van der Waals surface area contributed by atoms with E-state index in [1.165, 1.54) is 0 Å². The molecule has 1 saturated heterocycles. The Balaban J connectivity index is 1.29. The summed E-state index contributed by atoms with van der Waals surface area (Å²) in [4.78, 5) is 17.3. The molecule has 32 heavy (non-hydrogen) atoms. The average Bonchev–Trinajstić information content (AvgIpc) is 2.85. The first-order valence-corrected chi connectivity index (χ1v) is 10.9. The zero-order chi connectivity index (χ0) is 22.3. The van der Waals surface area contributed by atoms with Gasteiger partial charge in [-0.2, -0.15) is 0 Å². The van der Waals surface area contributed by atoms with Crippen molar-refractivity contribution in [3.8, 4) is 17.2 Å². The van der Waals surface area contributed by atoms with Crippen molar-refractivity contribution in [1.82, 2.24) is 4.90 Å². The van der Waals surface area contributed by atoms with Gasteiger partial charge in [-0.15, -0.1) is 0 Å². The number of carbonyl (C=O) groups excluding carboxylic acids is 1. The first-order chi connectivity index (χ1) is 15.6. The summed E-state index contributed by atoms with van der Waals surface area (Å²) in [5.74, 6) is 2.39. The van der Waals surface area contributed by atoms with Crippen molar-refractivity contribution in [3.05, 3.63) is 78.9 Å². The van der Waals surface area contributed by atoms with Gasteiger partial charge in [0.15, 0.2) is 0 Å². The lowest BCUT2D eigenvalue weighted by Gasteiger charge is -2.38. The molecule has 1 aliphatic heterocycles. The molecule has 0 aliphatic carbocycles. The lowest BCUT2D eigenvalue weighted by molar-refractivity contribution is -0.120. The van der Waals surface area contributed by atoms with Crippen molar-refractivity contribution in [2.75, 3.05) is 43.5 Å². The van der Waals surface area contributed by atoms with Gasteiger partial charge in [0.2, 0.25) is 5.91 Å². The molecule has 1 atom stereocenters. The molecule has 0 unspecified atom stereocenters. The van der Waals surface area contributed by atoms with E-state index in [0.717, 1.165) is 54.8 Å². The molecule has 0 aromatic heterocycles. The normalized spacial score (nSPS) is 15.1. The first kappa shape index (κ1) is 21.7. The Morgan fingerprint density at radius 3 is 2.16 bits per heavy atom. The Labute approximate surface area is 189 Å². The van der Waals surface area contributed by atoms with Crippen LogP contribution >= 0.6 is 0 Å². The maximum Gasteiger partial charge on any atom is 0.241 e. The largest absolute Gasteiger partial charge is 0.495 e. The zero-order valence-electron chi connectivity index (χ0n) is 18.5. The summed E-state index contributed by atoms with van der Waals surface area (Å²) in [7, 11) is 1.70. The summed E-state index contributed by atoms with van der Waals surface area (Å²) < 4.78 is 11.3. The zero-order valence-corrected chi connectivity index (χ0v) is 18.5.